The lowest BCUT2D eigenvalue weighted by Gasteiger charge is -2.19. The van der Waals surface area contributed by atoms with E-state index in [0.29, 0.717) is 103 Å². The Morgan fingerprint density at radius 2 is 0.488 bits per heavy atom. The molecule has 4 aliphatic carbocycles. The summed E-state index contributed by atoms with van der Waals surface area (Å²) in [5.74, 6) is 1.20. The van der Waals surface area contributed by atoms with E-state index in [0.717, 1.165) is 89.5 Å². The molecule has 0 saturated heterocycles. The highest BCUT2D eigenvalue weighted by atomic mass is 16.5. The molecule has 16 nitrogen and oxygen atoms in total. The lowest BCUT2D eigenvalue weighted by atomic mass is 9.85. The van der Waals surface area contributed by atoms with Crippen LogP contribution in [0.2, 0.25) is 0 Å². The molecule has 0 fully saturated rings. The summed E-state index contributed by atoms with van der Waals surface area (Å²) in [6, 6.07) is 39.9. The van der Waals surface area contributed by atoms with E-state index in [2.05, 4.69) is 248 Å². The van der Waals surface area contributed by atoms with Gasteiger partial charge in [0.15, 0.2) is 0 Å². The molecule has 4 aliphatic rings. The predicted molar refractivity (Wildman–Crippen MR) is 330 cm³/mol. The number of benzene rings is 5. The maximum absolute atomic E-state index is 5.96. The van der Waals surface area contributed by atoms with Crippen LogP contribution in [0.1, 0.15) is 45.0 Å². The van der Waals surface area contributed by atoms with E-state index >= 15 is 0 Å². The minimum Gasteiger partial charge on any atom is -0.374 e. The number of hydrogen-bond acceptors (Lipinski definition) is 12. The molecule has 16 heteroatoms. The smallest absolute Gasteiger partial charge is 0.108 e. The van der Waals surface area contributed by atoms with E-state index in [1.807, 2.05) is 43.5 Å². The van der Waals surface area contributed by atoms with Crippen molar-refractivity contribution < 1.29 is 18.9 Å². The van der Waals surface area contributed by atoms with Gasteiger partial charge in [0, 0.05) is 23.7 Å². The highest BCUT2D eigenvalue weighted by Gasteiger charge is 2.19. The Bertz CT molecular complexity index is 3430. The summed E-state index contributed by atoms with van der Waals surface area (Å²) in [6.07, 6.45) is 41.4. The SMILES string of the molecule is C1=CC(COCc2cn(Cc3ccc(-c4cc(-c5ccc(Cn6cc(COCC7C=CC=C7)nn6)cc5)c(-c5ccc(Cn6cc(COCC7C=CC=C7)nn6)cc5)cc4-c4ccc(Cn5cc(COCC6C=CC=C6)nn5)cc4)cc3)nn2)C=C1. The van der Waals surface area contributed by atoms with Crippen molar-refractivity contribution in [2.75, 3.05) is 26.4 Å². The van der Waals surface area contributed by atoms with Crippen LogP contribution in [-0.2, 0) is 71.6 Å². The maximum Gasteiger partial charge on any atom is 0.108 e. The average Bonchev–Trinajstić information content (AvgIpc) is 1.73. The van der Waals surface area contributed by atoms with Crippen molar-refractivity contribution in [2.24, 2.45) is 23.7 Å². The Kier molecular flexibility index (Phi) is 17.4. The van der Waals surface area contributed by atoms with Gasteiger partial charge in [0.25, 0.3) is 0 Å². The summed E-state index contributed by atoms with van der Waals surface area (Å²) >= 11 is 0. The van der Waals surface area contributed by atoms with Gasteiger partial charge in [-0.1, -0.05) is 215 Å². The number of hydrogen-bond donors (Lipinski definition) is 0. The van der Waals surface area contributed by atoms with E-state index in [4.69, 9.17) is 18.9 Å². The van der Waals surface area contributed by atoms with Crippen LogP contribution in [0.25, 0.3) is 44.5 Å². The molecule has 0 N–H and O–H groups in total. The molecule has 0 radical (unpaired) electrons. The van der Waals surface area contributed by atoms with Crippen LogP contribution < -0.4 is 0 Å². The standard InChI is InChI=1S/C70H66N12O4/c1-2-10-55(9-1)43-83-47-63-39-79(75-71-63)35-51-17-25-59(26-18-51)67-33-69(61-29-21-53(22-30-61)37-81-41-65(73-77-81)49-85-45-57-13-5-6-14-57)70(62-31-23-54(24-32-62)38-82-42-66(74-78-82)50-86-46-58-15-7-8-16-58)34-68(67)60-27-19-52(20-28-60)36-80-40-64(72-76-80)48-84-44-56-11-3-4-12-56/h1-34,39-42,55-58H,35-38,43-50H2. The van der Waals surface area contributed by atoms with Crippen molar-refractivity contribution in [1.29, 1.82) is 0 Å². The first kappa shape index (κ1) is 55.6. The molecule has 0 unspecified atom stereocenters. The first-order chi connectivity index (χ1) is 42.5. The molecule has 4 heterocycles. The largest absolute Gasteiger partial charge is 0.374 e. The second-order valence-electron chi connectivity index (χ2n) is 22.2. The van der Waals surface area contributed by atoms with Gasteiger partial charge in [-0.2, -0.15) is 0 Å². The van der Waals surface area contributed by atoms with E-state index in [1.165, 1.54) is 0 Å². The Labute approximate surface area is 500 Å². The Balaban J connectivity index is 0.793. The van der Waals surface area contributed by atoms with Gasteiger partial charge in [-0.15, -0.1) is 20.4 Å². The van der Waals surface area contributed by atoms with Gasteiger partial charge < -0.3 is 18.9 Å². The number of allylic oxidation sites excluding steroid dienone is 8. The van der Waals surface area contributed by atoms with Crippen LogP contribution in [0.4, 0.5) is 0 Å². The number of ether oxygens (including phenoxy) is 4. The van der Waals surface area contributed by atoms with Crippen molar-refractivity contribution in [3.63, 3.8) is 0 Å². The zero-order valence-electron chi connectivity index (χ0n) is 47.7. The van der Waals surface area contributed by atoms with Crippen LogP contribution in [0.15, 0.2) is 231 Å². The molecule has 0 spiro atoms. The topological polar surface area (TPSA) is 160 Å². The number of aromatic nitrogens is 12. The zero-order valence-corrected chi connectivity index (χ0v) is 47.7. The summed E-state index contributed by atoms with van der Waals surface area (Å²) in [5, 5.41) is 35.4. The molecule has 430 valence electrons. The first-order valence-electron chi connectivity index (χ1n) is 29.3. The highest BCUT2D eigenvalue weighted by Crippen LogP contribution is 2.43. The van der Waals surface area contributed by atoms with Gasteiger partial charge in [0.2, 0.25) is 0 Å². The fourth-order valence-corrected chi connectivity index (χ4v) is 10.9. The van der Waals surface area contributed by atoms with Crippen molar-refractivity contribution in [2.45, 2.75) is 52.6 Å². The van der Waals surface area contributed by atoms with Crippen molar-refractivity contribution in [1.82, 2.24) is 60.0 Å². The lowest BCUT2D eigenvalue weighted by Crippen LogP contribution is -2.03. The molecule has 86 heavy (non-hydrogen) atoms. The molecular weight excluding hydrogens is 1070 g/mol. The minimum absolute atomic E-state index is 0.300. The molecule has 5 aromatic carbocycles. The van der Waals surface area contributed by atoms with Crippen LogP contribution in [-0.4, -0.2) is 86.4 Å². The molecule has 9 aromatic rings. The maximum atomic E-state index is 5.96. The van der Waals surface area contributed by atoms with Crippen LogP contribution in [0.5, 0.6) is 0 Å². The third kappa shape index (κ3) is 14.5. The zero-order chi connectivity index (χ0) is 57.7. The molecule has 0 atom stereocenters. The van der Waals surface area contributed by atoms with Crippen molar-refractivity contribution in [3.05, 3.63) is 276 Å². The van der Waals surface area contributed by atoms with Gasteiger partial charge in [-0.25, -0.2) is 18.7 Å². The Morgan fingerprint density at radius 1 is 0.279 bits per heavy atom. The monoisotopic (exact) mass is 1140 g/mol. The minimum atomic E-state index is 0.300. The molecule has 13 rings (SSSR count). The summed E-state index contributed by atoms with van der Waals surface area (Å²) < 4.78 is 31.3. The van der Waals surface area contributed by atoms with E-state index in [9.17, 15) is 0 Å². The lowest BCUT2D eigenvalue weighted by molar-refractivity contribution is 0.108. The summed E-state index contributed by atoms with van der Waals surface area (Å²) in [7, 11) is 0. The van der Waals surface area contributed by atoms with Gasteiger partial charge in [0.1, 0.15) is 22.8 Å². The second-order valence-corrected chi connectivity index (χ2v) is 22.2. The molecule has 0 saturated carbocycles. The third-order valence-corrected chi connectivity index (χ3v) is 15.5. The predicted octanol–water partition coefficient (Wildman–Crippen LogP) is 11.9. The van der Waals surface area contributed by atoms with E-state index in [-0.39, 0.29) is 0 Å². The molecule has 0 aliphatic heterocycles. The third-order valence-electron chi connectivity index (χ3n) is 15.5. The Hall–Kier alpha value is -9.58. The fraction of sp³-hybridized carbons (Fsp3) is 0.229. The molecule has 4 aromatic heterocycles. The van der Waals surface area contributed by atoms with Crippen molar-refractivity contribution in [3.8, 4) is 44.5 Å². The van der Waals surface area contributed by atoms with Crippen LogP contribution in [0.3, 0.4) is 0 Å². The van der Waals surface area contributed by atoms with Gasteiger partial charge in [-0.3, -0.25) is 0 Å². The first-order valence-corrected chi connectivity index (χ1v) is 29.3. The fourth-order valence-electron chi connectivity index (χ4n) is 10.9. The van der Waals surface area contributed by atoms with Gasteiger partial charge in [0.05, 0.1) is 104 Å². The second kappa shape index (κ2) is 27.0. The van der Waals surface area contributed by atoms with Gasteiger partial charge >= 0.3 is 0 Å². The van der Waals surface area contributed by atoms with E-state index in [1.54, 1.807) is 0 Å². The van der Waals surface area contributed by atoms with Crippen LogP contribution in [0, 0.1) is 23.7 Å². The van der Waals surface area contributed by atoms with Crippen molar-refractivity contribution >= 4 is 0 Å². The molecular formula is C70H66N12O4. The summed E-state index contributed by atoms with van der Waals surface area (Å²) in [6.45, 7) is 6.38. The molecule has 0 bridgehead atoms. The average molecular weight is 1140 g/mol. The number of nitrogens with zero attached hydrogens (tertiary/aromatic N) is 12. The Morgan fingerprint density at radius 3 is 0.698 bits per heavy atom. The quantitative estimate of drug-likeness (QED) is 0.0457. The highest BCUT2D eigenvalue weighted by molar-refractivity contribution is 5.95. The summed E-state index contributed by atoms with van der Waals surface area (Å²) in [4.78, 5) is 0. The molecule has 0 amide bonds. The van der Waals surface area contributed by atoms with Crippen LogP contribution >= 0.6 is 0 Å². The number of rotatable bonds is 28. The normalized spacial score (nSPS) is 14.7. The summed E-state index contributed by atoms with van der Waals surface area (Å²) in [5.41, 5.74) is 16.3. The van der Waals surface area contributed by atoms with Gasteiger partial charge in [-0.05, 0) is 78.9 Å². The van der Waals surface area contributed by atoms with E-state index < -0.39 is 0 Å².